The van der Waals surface area contributed by atoms with Crippen molar-refractivity contribution in [2.24, 2.45) is 0 Å². The van der Waals surface area contributed by atoms with E-state index in [1.165, 1.54) is 19.2 Å². The highest BCUT2D eigenvalue weighted by molar-refractivity contribution is 6.21. The summed E-state index contributed by atoms with van der Waals surface area (Å²) in [6, 6.07) is 11.8. The van der Waals surface area contributed by atoms with Gasteiger partial charge in [-0.1, -0.05) is 0 Å². The van der Waals surface area contributed by atoms with E-state index in [0.717, 1.165) is 15.8 Å². The zero-order valence-corrected chi connectivity index (χ0v) is 17.5. The third kappa shape index (κ3) is 4.41. The molecular formula is C23H23FN4O4. The summed E-state index contributed by atoms with van der Waals surface area (Å²) in [6.07, 6.45) is 2.13. The number of carbonyl (C=O) groups excluding carboxylic acids is 3. The molecule has 2 heterocycles. The van der Waals surface area contributed by atoms with Crippen LogP contribution in [-0.2, 0) is 16.1 Å². The van der Waals surface area contributed by atoms with Crippen LogP contribution < -0.4 is 20.3 Å². The highest BCUT2D eigenvalue weighted by Gasteiger charge is 2.38. The Bertz CT molecular complexity index is 1160. The molecule has 1 unspecified atom stereocenters. The SMILES string of the molecule is COc1ccc(N2C(=O)NC(CCC(=O)NCCn3ccc4ccc(F)cc43)C2=O)cc1. The van der Waals surface area contributed by atoms with Crippen LogP contribution in [-0.4, -0.2) is 42.1 Å². The van der Waals surface area contributed by atoms with E-state index >= 15 is 0 Å². The minimum absolute atomic E-state index is 0.0915. The second-order valence-corrected chi connectivity index (χ2v) is 7.47. The Balaban J connectivity index is 1.26. The molecule has 1 aliphatic heterocycles. The minimum Gasteiger partial charge on any atom is -0.497 e. The number of urea groups is 1. The summed E-state index contributed by atoms with van der Waals surface area (Å²) < 4.78 is 20.4. The fourth-order valence-electron chi connectivity index (χ4n) is 3.73. The average Bonchev–Trinajstić information content (AvgIpc) is 3.31. The molecule has 0 bridgehead atoms. The molecule has 2 aromatic carbocycles. The van der Waals surface area contributed by atoms with Crippen LogP contribution in [0.5, 0.6) is 5.75 Å². The first-order valence-corrected chi connectivity index (χ1v) is 10.3. The molecule has 1 saturated heterocycles. The first-order valence-electron chi connectivity index (χ1n) is 10.3. The molecule has 1 fully saturated rings. The number of aromatic nitrogens is 1. The number of carbonyl (C=O) groups is 3. The van der Waals surface area contributed by atoms with Gasteiger partial charge in [-0.15, -0.1) is 0 Å². The van der Waals surface area contributed by atoms with Gasteiger partial charge < -0.3 is 19.9 Å². The first kappa shape index (κ1) is 21.4. The van der Waals surface area contributed by atoms with Crippen molar-refractivity contribution in [3.05, 3.63) is 60.5 Å². The number of hydrogen-bond acceptors (Lipinski definition) is 4. The lowest BCUT2D eigenvalue weighted by molar-refractivity contribution is -0.121. The monoisotopic (exact) mass is 438 g/mol. The van der Waals surface area contributed by atoms with Crippen molar-refractivity contribution in [1.82, 2.24) is 15.2 Å². The lowest BCUT2D eigenvalue weighted by Gasteiger charge is -2.13. The zero-order valence-electron chi connectivity index (χ0n) is 17.5. The van der Waals surface area contributed by atoms with Crippen molar-refractivity contribution in [3.8, 4) is 5.75 Å². The number of halogens is 1. The average molecular weight is 438 g/mol. The Hall–Kier alpha value is -3.88. The number of hydrogen-bond donors (Lipinski definition) is 2. The van der Waals surface area contributed by atoms with Gasteiger partial charge >= 0.3 is 6.03 Å². The minimum atomic E-state index is -0.758. The molecule has 0 aliphatic carbocycles. The highest BCUT2D eigenvalue weighted by atomic mass is 19.1. The molecular weight excluding hydrogens is 415 g/mol. The molecule has 0 spiro atoms. The van der Waals surface area contributed by atoms with Gasteiger partial charge in [0.1, 0.15) is 17.6 Å². The van der Waals surface area contributed by atoms with Gasteiger partial charge in [-0.05, 0) is 60.3 Å². The third-order valence-electron chi connectivity index (χ3n) is 5.42. The number of methoxy groups -OCH3 is 1. The molecule has 8 nitrogen and oxygen atoms in total. The number of ether oxygens (including phenoxy) is 1. The standard InChI is InChI=1S/C23H23FN4O4/c1-32-18-6-4-17(5-7-18)28-22(30)19(26-23(28)31)8-9-21(29)25-11-13-27-12-10-15-2-3-16(24)14-20(15)27/h2-7,10,12,14,19H,8-9,11,13H2,1H3,(H,25,29)(H,26,31). The Morgan fingerprint density at radius 3 is 2.69 bits per heavy atom. The fraction of sp³-hybridized carbons (Fsp3) is 0.261. The van der Waals surface area contributed by atoms with E-state index in [-0.39, 0.29) is 24.6 Å². The Kier molecular flexibility index (Phi) is 6.07. The van der Waals surface area contributed by atoms with Crippen LogP contribution in [0.1, 0.15) is 12.8 Å². The molecule has 1 aliphatic rings. The Morgan fingerprint density at radius 2 is 1.94 bits per heavy atom. The van der Waals surface area contributed by atoms with Crippen LogP contribution >= 0.6 is 0 Å². The molecule has 3 aromatic rings. The van der Waals surface area contributed by atoms with E-state index in [1.807, 2.05) is 16.8 Å². The van der Waals surface area contributed by atoms with Gasteiger partial charge in [-0.25, -0.2) is 14.1 Å². The topological polar surface area (TPSA) is 92.7 Å². The number of fused-ring (bicyclic) bond motifs is 1. The quantitative estimate of drug-likeness (QED) is 0.529. The molecule has 1 atom stereocenters. The van der Waals surface area contributed by atoms with E-state index in [1.54, 1.807) is 30.3 Å². The van der Waals surface area contributed by atoms with E-state index in [4.69, 9.17) is 4.74 Å². The third-order valence-corrected chi connectivity index (χ3v) is 5.42. The van der Waals surface area contributed by atoms with Gasteiger partial charge in [0.2, 0.25) is 5.91 Å². The molecule has 2 N–H and O–H groups in total. The van der Waals surface area contributed by atoms with E-state index < -0.39 is 18.0 Å². The van der Waals surface area contributed by atoms with Gasteiger partial charge in [-0.3, -0.25) is 9.59 Å². The van der Waals surface area contributed by atoms with Crippen LogP contribution in [0.25, 0.3) is 10.9 Å². The number of benzene rings is 2. The summed E-state index contributed by atoms with van der Waals surface area (Å²) in [4.78, 5) is 38.2. The van der Waals surface area contributed by atoms with E-state index in [2.05, 4.69) is 10.6 Å². The normalized spacial score (nSPS) is 15.8. The summed E-state index contributed by atoms with van der Waals surface area (Å²) in [5, 5.41) is 6.35. The number of imide groups is 1. The molecule has 0 saturated carbocycles. The lowest BCUT2D eigenvalue weighted by Crippen LogP contribution is -2.33. The summed E-state index contributed by atoms with van der Waals surface area (Å²) in [7, 11) is 1.53. The maximum absolute atomic E-state index is 13.5. The Labute approximate surface area is 183 Å². The molecule has 166 valence electrons. The van der Waals surface area contributed by atoms with Crippen LogP contribution in [0.3, 0.4) is 0 Å². The van der Waals surface area contributed by atoms with E-state index in [9.17, 15) is 18.8 Å². The number of rotatable bonds is 8. The van der Waals surface area contributed by atoms with Crippen molar-refractivity contribution >= 4 is 34.4 Å². The van der Waals surface area contributed by atoms with Crippen molar-refractivity contribution in [3.63, 3.8) is 0 Å². The van der Waals surface area contributed by atoms with Crippen LogP contribution in [0.15, 0.2) is 54.7 Å². The predicted octanol–water partition coefficient (Wildman–Crippen LogP) is 2.81. The molecule has 4 rings (SSSR count). The molecule has 9 heteroatoms. The summed E-state index contributed by atoms with van der Waals surface area (Å²) in [5.74, 6) is -0.313. The zero-order chi connectivity index (χ0) is 22.7. The van der Waals surface area contributed by atoms with Crippen LogP contribution in [0.4, 0.5) is 14.9 Å². The molecule has 32 heavy (non-hydrogen) atoms. The smallest absolute Gasteiger partial charge is 0.329 e. The predicted molar refractivity (Wildman–Crippen MR) is 117 cm³/mol. The van der Waals surface area contributed by atoms with Crippen molar-refractivity contribution in [2.45, 2.75) is 25.4 Å². The first-order chi connectivity index (χ1) is 15.5. The maximum atomic E-state index is 13.5. The maximum Gasteiger partial charge on any atom is 0.329 e. The van der Waals surface area contributed by atoms with Crippen molar-refractivity contribution in [2.75, 3.05) is 18.6 Å². The van der Waals surface area contributed by atoms with Crippen molar-refractivity contribution in [1.29, 1.82) is 0 Å². The second-order valence-electron chi connectivity index (χ2n) is 7.47. The van der Waals surface area contributed by atoms with Gasteiger partial charge in [0, 0.05) is 25.7 Å². The highest BCUT2D eigenvalue weighted by Crippen LogP contribution is 2.24. The molecule has 1 aromatic heterocycles. The van der Waals surface area contributed by atoms with Gasteiger partial charge in [0.25, 0.3) is 5.91 Å². The fourth-order valence-corrected chi connectivity index (χ4v) is 3.73. The summed E-state index contributed by atoms with van der Waals surface area (Å²) >= 11 is 0. The number of anilines is 1. The number of amides is 4. The van der Waals surface area contributed by atoms with Crippen molar-refractivity contribution < 1.29 is 23.5 Å². The molecule has 0 radical (unpaired) electrons. The van der Waals surface area contributed by atoms with E-state index in [0.29, 0.717) is 24.5 Å². The Morgan fingerprint density at radius 1 is 1.16 bits per heavy atom. The van der Waals surface area contributed by atoms with Crippen LogP contribution in [0, 0.1) is 5.82 Å². The summed E-state index contributed by atoms with van der Waals surface area (Å²) in [6.45, 7) is 0.852. The second kappa shape index (κ2) is 9.09. The summed E-state index contributed by atoms with van der Waals surface area (Å²) in [5.41, 5.74) is 1.20. The lowest BCUT2D eigenvalue weighted by atomic mass is 10.1. The van der Waals surface area contributed by atoms with Gasteiger partial charge in [-0.2, -0.15) is 0 Å². The van der Waals surface area contributed by atoms with Gasteiger partial charge in [0.05, 0.1) is 18.3 Å². The van der Waals surface area contributed by atoms with Gasteiger partial charge in [0.15, 0.2) is 0 Å². The number of nitrogens with one attached hydrogen (secondary N) is 2. The number of nitrogens with zero attached hydrogens (tertiary/aromatic N) is 2. The molecule has 4 amide bonds. The van der Waals surface area contributed by atoms with Crippen LogP contribution in [0.2, 0.25) is 0 Å². The largest absolute Gasteiger partial charge is 0.497 e.